The highest BCUT2D eigenvalue weighted by Gasteiger charge is 2.37. The van der Waals surface area contributed by atoms with E-state index in [4.69, 9.17) is 27.9 Å². The van der Waals surface area contributed by atoms with E-state index in [2.05, 4.69) is 5.32 Å². The Morgan fingerprint density at radius 3 is 2.58 bits per heavy atom. The van der Waals surface area contributed by atoms with Crippen LogP contribution in [0.3, 0.4) is 0 Å². The number of alkyl halides is 3. The van der Waals surface area contributed by atoms with Crippen LogP contribution in [0.4, 0.5) is 24.5 Å². The molecule has 2 aromatic rings. The number of ether oxygens (including phenoxy) is 1. The number of carbonyl (C=O) groups is 3. The summed E-state index contributed by atoms with van der Waals surface area (Å²) in [6, 6.07) is 8.81. The van der Waals surface area contributed by atoms with E-state index in [0.29, 0.717) is 5.69 Å². The van der Waals surface area contributed by atoms with Gasteiger partial charge in [-0.25, -0.2) is 0 Å². The van der Waals surface area contributed by atoms with Crippen LogP contribution in [0.2, 0.25) is 10.0 Å². The molecule has 1 atom stereocenters. The lowest BCUT2D eigenvalue weighted by atomic mass is 10.1. The normalized spacial score (nSPS) is 16.4. The summed E-state index contributed by atoms with van der Waals surface area (Å²) in [4.78, 5) is 37.8. The zero-order valence-corrected chi connectivity index (χ0v) is 17.2. The molecular weight excluding hydrogens is 460 g/mol. The molecule has 6 nitrogen and oxygen atoms in total. The Bertz CT molecular complexity index is 1030. The lowest BCUT2D eigenvalue weighted by Gasteiger charge is -2.18. The minimum absolute atomic E-state index is 0.00697. The Kier molecular flexibility index (Phi) is 6.76. The van der Waals surface area contributed by atoms with Crippen molar-refractivity contribution in [2.24, 2.45) is 5.92 Å². The third kappa shape index (κ3) is 5.48. The highest BCUT2D eigenvalue weighted by molar-refractivity contribution is 6.44. The molecule has 1 aliphatic heterocycles. The number of nitrogens with zero attached hydrogens (tertiary/aromatic N) is 1. The summed E-state index contributed by atoms with van der Waals surface area (Å²) in [5.41, 5.74) is -0.656. The smallest absolute Gasteiger partial charge is 0.416 e. The van der Waals surface area contributed by atoms with Gasteiger partial charge in [0.15, 0.2) is 6.61 Å². The molecule has 1 N–H and O–H groups in total. The monoisotopic (exact) mass is 474 g/mol. The molecule has 0 spiro atoms. The summed E-state index contributed by atoms with van der Waals surface area (Å²) in [5, 5.41) is 2.66. The average Bonchev–Trinajstić information content (AvgIpc) is 3.09. The van der Waals surface area contributed by atoms with Crippen LogP contribution in [-0.4, -0.2) is 30.9 Å². The van der Waals surface area contributed by atoms with Crippen LogP contribution in [0, 0.1) is 5.92 Å². The Morgan fingerprint density at radius 2 is 1.87 bits per heavy atom. The van der Waals surface area contributed by atoms with Crippen LogP contribution < -0.4 is 10.2 Å². The number of hydrogen-bond acceptors (Lipinski definition) is 4. The van der Waals surface area contributed by atoms with Crippen molar-refractivity contribution in [1.82, 2.24) is 0 Å². The van der Waals surface area contributed by atoms with Crippen LogP contribution in [0.15, 0.2) is 42.5 Å². The zero-order valence-electron chi connectivity index (χ0n) is 15.7. The molecule has 0 aliphatic carbocycles. The van der Waals surface area contributed by atoms with E-state index >= 15 is 0 Å². The first-order chi connectivity index (χ1) is 14.6. The maximum absolute atomic E-state index is 12.7. The molecule has 3 rings (SSSR count). The van der Waals surface area contributed by atoms with E-state index < -0.39 is 36.1 Å². The van der Waals surface area contributed by atoms with Gasteiger partial charge in [-0.3, -0.25) is 14.4 Å². The molecule has 0 saturated carbocycles. The predicted molar refractivity (Wildman–Crippen MR) is 108 cm³/mol. The quantitative estimate of drug-likeness (QED) is 0.645. The van der Waals surface area contributed by atoms with E-state index in [1.54, 1.807) is 18.2 Å². The largest absolute Gasteiger partial charge is 0.455 e. The molecule has 2 aromatic carbocycles. The Balaban J connectivity index is 1.56. The first-order valence-corrected chi connectivity index (χ1v) is 9.70. The highest BCUT2D eigenvalue weighted by atomic mass is 35.5. The van der Waals surface area contributed by atoms with Crippen molar-refractivity contribution in [3.05, 3.63) is 58.1 Å². The molecule has 2 amide bonds. The molecule has 164 valence electrons. The summed E-state index contributed by atoms with van der Waals surface area (Å²) in [5.74, 6) is -2.79. The standard InChI is InChI=1S/C20H15Cl2F3N2O4/c21-14-5-2-6-15(18(14)22)27-9-11(7-17(27)29)19(30)31-10-16(28)26-13-4-1-3-12(8-13)20(23,24)25/h1-6,8,11H,7,9-10H2,(H,26,28)/t11-/m1/s1. The lowest BCUT2D eigenvalue weighted by Crippen LogP contribution is -2.28. The number of halogens is 5. The minimum atomic E-state index is -4.56. The maximum atomic E-state index is 12.7. The first kappa shape index (κ1) is 22.9. The van der Waals surface area contributed by atoms with Crippen molar-refractivity contribution in [1.29, 1.82) is 0 Å². The van der Waals surface area contributed by atoms with Gasteiger partial charge in [0.2, 0.25) is 5.91 Å². The SMILES string of the molecule is O=C(COC(=O)[C@@H]1CC(=O)N(c2cccc(Cl)c2Cl)C1)Nc1cccc(C(F)(F)F)c1. The van der Waals surface area contributed by atoms with Crippen molar-refractivity contribution in [3.63, 3.8) is 0 Å². The van der Waals surface area contributed by atoms with Crippen LogP contribution in [0.25, 0.3) is 0 Å². The van der Waals surface area contributed by atoms with Gasteiger partial charge in [0.25, 0.3) is 5.91 Å². The fourth-order valence-corrected chi connectivity index (χ4v) is 3.42. The first-order valence-electron chi connectivity index (χ1n) is 8.94. The van der Waals surface area contributed by atoms with Gasteiger partial charge in [-0.15, -0.1) is 0 Å². The number of amides is 2. The van der Waals surface area contributed by atoms with Crippen molar-refractivity contribution >= 4 is 52.4 Å². The van der Waals surface area contributed by atoms with E-state index in [1.807, 2.05) is 0 Å². The van der Waals surface area contributed by atoms with E-state index in [0.717, 1.165) is 18.2 Å². The van der Waals surface area contributed by atoms with Crippen molar-refractivity contribution in [2.45, 2.75) is 12.6 Å². The minimum Gasteiger partial charge on any atom is -0.455 e. The van der Waals surface area contributed by atoms with E-state index in [-0.39, 0.29) is 34.6 Å². The zero-order chi connectivity index (χ0) is 22.8. The summed E-state index contributed by atoms with van der Waals surface area (Å²) >= 11 is 12.1. The van der Waals surface area contributed by atoms with Gasteiger partial charge in [-0.05, 0) is 30.3 Å². The van der Waals surface area contributed by atoms with Crippen LogP contribution in [-0.2, 0) is 25.3 Å². The van der Waals surface area contributed by atoms with Gasteiger partial charge in [0.05, 0.1) is 27.2 Å². The maximum Gasteiger partial charge on any atom is 0.416 e. The summed E-state index contributed by atoms with van der Waals surface area (Å²) in [7, 11) is 0. The molecule has 0 bridgehead atoms. The van der Waals surface area contributed by atoms with E-state index in [9.17, 15) is 27.6 Å². The summed E-state index contributed by atoms with van der Waals surface area (Å²) < 4.78 is 43.1. The van der Waals surface area contributed by atoms with Crippen LogP contribution in [0.1, 0.15) is 12.0 Å². The number of esters is 1. The second-order valence-corrected chi connectivity index (χ2v) is 7.50. The third-order valence-electron chi connectivity index (χ3n) is 4.50. The molecule has 0 unspecified atom stereocenters. The molecule has 11 heteroatoms. The van der Waals surface area contributed by atoms with Gasteiger partial charge in [-0.2, -0.15) is 13.2 Å². The fourth-order valence-electron chi connectivity index (χ4n) is 3.02. The van der Waals surface area contributed by atoms with Crippen LogP contribution >= 0.6 is 23.2 Å². The van der Waals surface area contributed by atoms with Gasteiger partial charge in [0, 0.05) is 18.7 Å². The predicted octanol–water partition coefficient (Wildman–Crippen LogP) is 4.55. The molecule has 1 heterocycles. The fraction of sp³-hybridized carbons (Fsp3) is 0.250. The van der Waals surface area contributed by atoms with Gasteiger partial charge in [0.1, 0.15) is 0 Å². The molecule has 31 heavy (non-hydrogen) atoms. The average molecular weight is 475 g/mol. The van der Waals surface area contributed by atoms with E-state index in [1.165, 1.54) is 11.0 Å². The van der Waals surface area contributed by atoms with Crippen molar-refractivity contribution in [2.75, 3.05) is 23.4 Å². The van der Waals surface area contributed by atoms with Crippen molar-refractivity contribution < 1.29 is 32.3 Å². The Labute approximate surface area is 184 Å². The number of benzene rings is 2. The number of nitrogens with one attached hydrogen (secondary N) is 1. The number of carbonyl (C=O) groups excluding carboxylic acids is 3. The van der Waals surface area contributed by atoms with Crippen molar-refractivity contribution in [3.8, 4) is 0 Å². The number of anilines is 2. The summed E-state index contributed by atoms with van der Waals surface area (Å²) in [6.07, 6.45) is -4.70. The molecule has 1 saturated heterocycles. The topological polar surface area (TPSA) is 75.7 Å². The second-order valence-electron chi connectivity index (χ2n) is 6.71. The van der Waals surface area contributed by atoms with Gasteiger partial charge >= 0.3 is 12.1 Å². The van der Waals surface area contributed by atoms with Crippen LogP contribution in [0.5, 0.6) is 0 Å². The molecule has 0 aromatic heterocycles. The summed E-state index contributed by atoms with van der Waals surface area (Å²) in [6.45, 7) is -0.718. The second kappa shape index (κ2) is 9.15. The molecule has 1 aliphatic rings. The van der Waals surface area contributed by atoms with Gasteiger partial charge < -0.3 is 15.0 Å². The lowest BCUT2D eigenvalue weighted by molar-refractivity contribution is -0.151. The Morgan fingerprint density at radius 1 is 1.16 bits per heavy atom. The molecule has 0 radical (unpaired) electrons. The third-order valence-corrected chi connectivity index (χ3v) is 5.31. The molecule has 1 fully saturated rings. The number of hydrogen-bond donors (Lipinski definition) is 1. The number of rotatable bonds is 5. The van der Waals surface area contributed by atoms with Gasteiger partial charge in [-0.1, -0.05) is 35.3 Å². The molecular formula is C20H15Cl2F3N2O4. The highest BCUT2D eigenvalue weighted by Crippen LogP contribution is 2.36. The Hall–Kier alpha value is -2.78.